The number of aliphatic hydroxyl groups is 11. The minimum absolute atomic E-state index is 0.0422. The van der Waals surface area contributed by atoms with Crippen molar-refractivity contribution in [1.82, 2.24) is 0 Å². The summed E-state index contributed by atoms with van der Waals surface area (Å²) in [7, 11) is 0. The third-order valence-electron chi connectivity index (χ3n) is 19.4. The molecule has 24 atom stereocenters. The Morgan fingerprint density at radius 1 is 0.657 bits per heavy atom. The molecule has 0 aromatic carbocycles. The summed E-state index contributed by atoms with van der Waals surface area (Å²) in [5.74, 6) is -1.37. The number of aliphatic hydroxyl groups excluding tert-OH is 11. The third-order valence-corrected chi connectivity index (χ3v) is 19.4. The van der Waals surface area contributed by atoms with Gasteiger partial charge in [0, 0.05) is 5.41 Å². The van der Waals surface area contributed by atoms with Crippen LogP contribution in [0.2, 0.25) is 0 Å². The highest BCUT2D eigenvalue weighted by atomic mass is 16.8. The van der Waals surface area contributed by atoms with Crippen LogP contribution in [0, 0.1) is 50.2 Å². The van der Waals surface area contributed by atoms with Gasteiger partial charge in [0.25, 0.3) is 0 Å². The molecule has 0 bridgehead atoms. The molecule has 0 aromatic rings. The van der Waals surface area contributed by atoms with Crippen LogP contribution in [0.3, 0.4) is 0 Å². The Labute approximate surface area is 392 Å². The van der Waals surface area contributed by atoms with E-state index >= 15 is 0 Å². The second-order valence-electron chi connectivity index (χ2n) is 23.7. The van der Waals surface area contributed by atoms with E-state index in [0.29, 0.717) is 25.7 Å². The van der Waals surface area contributed by atoms with E-state index in [9.17, 15) is 66.1 Å². The molecule has 19 nitrogen and oxygen atoms in total. The van der Waals surface area contributed by atoms with Crippen LogP contribution in [0.15, 0.2) is 11.6 Å². The van der Waals surface area contributed by atoms with Gasteiger partial charge in [-0.05, 0) is 103 Å². The van der Waals surface area contributed by atoms with E-state index in [1.54, 1.807) is 0 Å². The zero-order valence-corrected chi connectivity index (χ0v) is 39.8. The maximum absolute atomic E-state index is 12.7. The maximum atomic E-state index is 12.7. The van der Waals surface area contributed by atoms with Crippen LogP contribution in [-0.4, -0.2) is 191 Å². The molecule has 0 amide bonds. The number of ether oxygens (including phenoxy) is 6. The summed E-state index contributed by atoms with van der Waals surface area (Å²) < 4.78 is 36.1. The number of carboxylic acid groups (broad SMARTS) is 1. The molecule has 12 N–H and O–H groups in total. The topological polar surface area (TPSA) is 315 Å². The normalized spacial score (nSPS) is 53.9. The first-order chi connectivity index (χ1) is 31.2. The number of carboxylic acids is 1. The summed E-state index contributed by atoms with van der Waals surface area (Å²) >= 11 is 0. The number of carbonyl (C=O) groups is 1. The molecular weight excluding hydrogens is 881 g/mol. The summed E-state index contributed by atoms with van der Waals surface area (Å²) in [5.41, 5.74) is -0.946. The third kappa shape index (κ3) is 8.19. The predicted octanol–water partition coefficient (Wildman–Crippen LogP) is -0.323. The Kier molecular flexibility index (Phi) is 14.1. The molecule has 0 radical (unpaired) electrons. The molecular formula is C48H78O19. The summed E-state index contributed by atoms with van der Waals surface area (Å²) in [6.45, 7) is 14.5. The lowest BCUT2D eigenvalue weighted by Gasteiger charge is -2.72. The standard InChI is InChI=1S/C48H78O19/c1-43(2)14-15-48(20-62-40-35(58)31(54)29(52)23(18-49)63-40)22(16-43)21-8-9-26-45(5)12-11-28(44(3,4)25(45)10-13-46(26,6)47(21,7)17-27(48)51)65-42-38(34(57)33(56)37(66-42)39(60)61)67-41-36(59)32(55)30(53)24(19-50)64-41/h8,22-38,40-42,49-59H,9-20H2,1-7H3,(H,60,61)/t22-,23-,24-,25-,26-,27-,28+,29-,30-,31+,32+,33+,34+,35-,36-,37+,38-,40-,41+,42-,45+,46-,47-,48-/m1/s1. The summed E-state index contributed by atoms with van der Waals surface area (Å²) in [6.07, 6.45) is -17.1. The van der Waals surface area contributed by atoms with Crippen LogP contribution in [-0.2, 0) is 33.2 Å². The molecule has 3 heterocycles. The molecule has 5 aliphatic carbocycles. The van der Waals surface area contributed by atoms with E-state index in [1.807, 2.05) is 0 Å². The highest BCUT2D eigenvalue weighted by Gasteiger charge is 2.70. The number of rotatable bonds is 10. The predicted molar refractivity (Wildman–Crippen MR) is 232 cm³/mol. The zero-order valence-electron chi connectivity index (χ0n) is 39.8. The average Bonchev–Trinajstić information content (AvgIpc) is 3.26. The van der Waals surface area contributed by atoms with Crippen molar-refractivity contribution < 1.29 is 94.5 Å². The first-order valence-corrected chi connectivity index (χ1v) is 24.4. The monoisotopic (exact) mass is 959 g/mol. The molecule has 384 valence electrons. The van der Waals surface area contributed by atoms with E-state index in [2.05, 4.69) is 54.5 Å². The van der Waals surface area contributed by atoms with Gasteiger partial charge in [0.1, 0.15) is 67.1 Å². The van der Waals surface area contributed by atoms with Crippen LogP contribution < -0.4 is 0 Å². The number of allylic oxidation sites excluding steroid dienone is 2. The largest absolute Gasteiger partial charge is 0.479 e. The van der Waals surface area contributed by atoms with Gasteiger partial charge in [-0.15, -0.1) is 0 Å². The van der Waals surface area contributed by atoms with Gasteiger partial charge >= 0.3 is 5.97 Å². The minimum Gasteiger partial charge on any atom is -0.479 e. The maximum Gasteiger partial charge on any atom is 0.335 e. The molecule has 0 aromatic heterocycles. The molecule has 19 heteroatoms. The van der Waals surface area contributed by atoms with Crippen molar-refractivity contribution in [2.45, 2.75) is 211 Å². The smallest absolute Gasteiger partial charge is 0.335 e. The lowest BCUT2D eigenvalue weighted by molar-refractivity contribution is -0.374. The zero-order chi connectivity index (χ0) is 49.1. The Morgan fingerprint density at radius 3 is 1.88 bits per heavy atom. The fraction of sp³-hybridized carbons (Fsp3) is 0.938. The number of hydrogen-bond acceptors (Lipinski definition) is 18. The van der Waals surface area contributed by atoms with Gasteiger partial charge in [0.2, 0.25) is 0 Å². The van der Waals surface area contributed by atoms with Gasteiger partial charge in [0.05, 0.1) is 32.0 Å². The molecule has 8 aliphatic rings. The Bertz CT molecular complexity index is 1830. The van der Waals surface area contributed by atoms with Gasteiger partial charge in [-0.2, -0.15) is 0 Å². The highest BCUT2D eigenvalue weighted by molar-refractivity contribution is 5.73. The highest BCUT2D eigenvalue weighted by Crippen LogP contribution is 2.76. The fourth-order valence-corrected chi connectivity index (χ4v) is 15.2. The van der Waals surface area contributed by atoms with Crippen LogP contribution >= 0.6 is 0 Å². The molecule has 8 rings (SSSR count). The van der Waals surface area contributed by atoms with Crippen molar-refractivity contribution in [1.29, 1.82) is 0 Å². The summed E-state index contributed by atoms with van der Waals surface area (Å²) in [6, 6.07) is 0. The molecule has 3 aliphatic heterocycles. The molecule has 7 fully saturated rings. The van der Waals surface area contributed by atoms with E-state index < -0.39 is 140 Å². The van der Waals surface area contributed by atoms with E-state index in [4.69, 9.17) is 28.4 Å². The summed E-state index contributed by atoms with van der Waals surface area (Å²) in [4.78, 5) is 12.3. The fourth-order valence-electron chi connectivity index (χ4n) is 15.2. The number of hydrogen-bond donors (Lipinski definition) is 12. The first-order valence-electron chi connectivity index (χ1n) is 24.4. The molecule has 67 heavy (non-hydrogen) atoms. The first kappa shape index (κ1) is 51.9. The van der Waals surface area contributed by atoms with Gasteiger partial charge in [-0.3, -0.25) is 0 Å². The Morgan fingerprint density at radius 2 is 1.27 bits per heavy atom. The van der Waals surface area contributed by atoms with Crippen molar-refractivity contribution in [3.63, 3.8) is 0 Å². The quantitative estimate of drug-likeness (QED) is 0.0986. The van der Waals surface area contributed by atoms with Crippen LogP contribution in [0.4, 0.5) is 0 Å². The minimum atomic E-state index is -1.98. The SMILES string of the molecule is CC1(C)CC[C@]2(CO[C@@H]3O[C@H](CO)[C@@H](O)[C@H](O)[C@H]3O)[C@H](O)C[C@]3(C)C(=CC[C@@H]4[C@@]5(C)CC[C@H](O[C@@H]6O[C@H](C(=O)O)[C@@H](O)[C@H](O)[C@H]6O[C@@H]6O[C@H](CO)[C@@H](O)[C@H](O)[C@H]6O)C(C)(C)[C@H]5CC[C@]43C)[C@H]2C1. The van der Waals surface area contributed by atoms with Gasteiger partial charge in [-0.1, -0.05) is 60.1 Å². The Hall–Kier alpha value is -1.47. The molecule has 0 spiro atoms. The molecule has 3 saturated heterocycles. The number of aliphatic carboxylic acids is 1. The van der Waals surface area contributed by atoms with Crippen molar-refractivity contribution in [3.8, 4) is 0 Å². The van der Waals surface area contributed by atoms with Crippen molar-refractivity contribution in [2.75, 3.05) is 19.8 Å². The van der Waals surface area contributed by atoms with Crippen LogP contribution in [0.5, 0.6) is 0 Å². The summed E-state index contributed by atoms with van der Waals surface area (Å²) in [5, 5.41) is 128. The van der Waals surface area contributed by atoms with E-state index in [1.165, 1.54) is 5.57 Å². The average molecular weight is 959 g/mol. The van der Waals surface area contributed by atoms with E-state index in [0.717, 1.165) is 32.1 Å². The van der Waals surface area contributed by atoms with Crippen molar-refractivity contribution in [3.05, 3.63) is 11.6 Å². The van der Waals surface area contributed by atoms with Crippen LogP contribution in [0.25, 0.3) is 0 Å². The lowest BCUT2D eigenvalue weighted by Crippen LogP contribution is -2.68. The molecule has 4 saturated carbocycles. The van der Waals surface area contributed by atoms with Crippen LogP contribution in [0.1, 0.15) is 106 Å². The lowest BCUT2D eigenvalue weighted by atomic mass is 9.33. The van der Waals surface area contributed by atoms with Gasteiger partial charge < -0.3 is 89.7 Å². The second kappa shape index (κ2) is 18.2. The number of fused-ring (bicyclic) bond motifs is 7. The van der Waals surface area contributed by atoms with Crippen molar-refractivity contribution in [2.24, 2.45) is 50.2 Å². The van der Waals surface area contributed by atoms with Gasteiger partial charge in [-0.25, -0.2) is 4.79 Å². The molecule has 0 unspecified atom stereocenters. The van der Waals surface area contributed by atoms with E-state index in [-0.39, 0.29) is 40.6 Å². The van der Waals surface area contributed by atoms with Gasteiger partial charge in [0.15, 0.2) is 25.0 Å². The Balaban J connectivity index is 1.05. The van der Waals surface area contributed by atoms with Crippen molar-refractivity contribution >= 4 is 5.97 Å². The second-order valence-corrected chi connectivity index (χ2v) is 23.7.